The first-order valence-electron chi connectivity index (χ1n) is 14.8. The number of alkyl carbamates (subject to hydrolysis) is 3. The second-order valence-corrected chi connectivity index (χ2v) is 12.2. The zero-order valence-corrected chi connectivity index (χ0v) is 26.7. The van der Waals surface area contributed by atoms with Crippen LogP contribution in [0.15, 0.2) is 30.3 Å². The van der Waals surface area contributed by atoms with Gasteiger partial charge in [-0.2, -0.15) is 0 Å². The van der Waals surface area contributed by atoms with Crippen LogP contribution in [-0.4, -0.2) is 66.5 Å². The van der Waals surface area contributed by atoms with Crippen LogP contribution in [0.3, 0.4) is 0 Å². The molecule has 0 aliphatic heterocycles. The Morgan fingerprint density at radius 3 is 1.61 bits per heavy atom. The lowest BCUT2D eigenvalue weighted by atomic mass is 10.1. The lowest BCUT2D eigenvalue weighted by molar-refractivity contribution is -0.130. The molecule has 0 bridgehead atoms. The van der Waals surface area contributed by atoms with E-state index in [1.165, 1.54) is 0 Å². The Morgan fingerprint density at radius 2 is 1.16 bits per heavy atom. The van der Waals surface area contributed by atoms with Crippen molar-refractivity contribution in [2.24, 2.45) is 5.84 Å². The van der Waals surface area contributed by atoms with Gasteiger partial charge in [-0.1, -0.05) is 30.3 Å². The number of hydrogen-bond donors (Lipinski definition) is 6. The predicted molar refractivity (Wildman–Crippen MR) is 164 cm³/mol. The zero-order chi connectivity index (χ0) is 33.2. The van der Waals surface area contributed by atoms with Gasteiger partial charge in [0.1, 0.15) is 29.9 Å². The van der Waals surface area contributed by atoms with E-state index in [4.69, 9.17) is 20.1 Å². The number of hydrazine groups is 1. The number of nitrogens with one attached hydrogen (secondary N) is 5. The molecule has 5 amide bonds. The van der Waals surface area contributed by atoms with Crippen molar-refractivity contribution in [3.8, 4) is 0 Å². The molecule has 0 spiro atoms. The first-order valence-corrected chi connectivity index (χ1v) is 14.8. The summed E-state index contributed by atoms with van der Waals surface area (Å²) >= 11 is 0. The highest BCUT2D eigenvalue weighted by Gasteiger charge is 2.27. The maximum atomic E-state index is 13.3. The van der Waals surface area contributed by atoms with Gasteiger partial charge in [0.2, 0.25) is 5.91 Å². The fraction of sp³-hybridized carbons (Fsp3) is 0.633. The third-order valence-electron chi connectivity index (χ3n) is 5.77. The highest BCUT2D eigenvalue weighted by Crippen LogP contribution is 2.09. The molecule has 2 atom stereocenters. The second-order valence-electron chi connectivity index (χ2n) is 12.2. The van der Waals surface area contributed by atoms with E-state index < -0.39 is 53.4 Å². The van der Waals surface area contributed by atoms with Crippen LogP contribution in [0.5, 0.6) is 0 Å². The van der Waals surface area contributed by atoms with Crippen molar-refractivity contribution in [2.75, 3.05) is 13.1 Å². The third kappa shape index (κ3) is 18.5. The number of unbranched alkanes of at least 4 members (excludes halogenated alkanes) is 2. The van der Waals surface area contributed by atoms with E-state index in [0.29, 0.717) is 38.8 Å². The maximum absolute atomic E-state index is 13.3. The maximum Gasteiger partial charge on any atom is 0.408 e. The summed E-state index contributed by atoms with van der Waals surface area (Å²) in [5.74, 6) is 4.15. The smallest absolute Gasteiger partial charge is 0.408 e. The molecule has 0 aromatic heterocycles. The molecule has 14 nitrogen and oxygen atoms in total. The van der Waals surface area contributed by atoms with E-state index in [0.717, 1.165) is 5.56 Å². The Hall–Kier alpha value is -4.07. The molecular weight excluding hydrogens is 572 g/mol. The van der Waals surface area contributed by atoms with Crippen LogP contribution in [0.4, 0.5) is 14.4 Å². The highest BCUT2D eigenvalue weighted by molar-refractivity contribution is 5.91. The zero-order valence-electron chi connectivity index (χ0n) is 26.7. The summed E-state index contributed by atoms with van der Waals surface area (Å²) in [5.41, 5.74) is 1.58. The van der Waals surface area contributed by atoms with Crippen LogP contribution in [-0.2, 0) is 30.4 Å². The number of benzene rings is 1. The van der Waals surface area contributed by atoms with Crippen LogP contribution in [0, 0.1) is 0 Å². The van der Waals surface area contributed by atoms with Gasteiger partial charge in [-0.25, -0.2) is 20.2 Å². The number of rotatable bonds is 16. The fourth-order valence-electron chi connectivity index (χ4n) is 3.77. The molecule has 1 aromatic rings. The standard InChI is InChI=1S/C30H50N6O8/c1-29(2,3)43-26(39)32-18-12-10-16-22(35-28(41)42-20-21-14-8-7-9-15-21)24(37)34-23(25(38)36-31)17-11-13-19-33-27(40)44-30(4,5)6/h7-9,14-15,22-23H,10-13,16-20,31H2,1-6H3,(H,32,39)(H,33,40)(H,34,37)(H,35,41)(H,36,38)/t22-,23-/m0/s1. The van der Waals surface area contributed by atoms with Crippen molar-refractivity contribution < 1.29 is 38.2 Å². The van der Waals surface area contributed by atoms with Gasteiger partial charge in [-0.05, 0) is 85.6 Å². The monoisotopic (exact) mass is 622 g/mol. The normalized spacial score (nSPS) is 12.6. The van der Waals surface area contributed by atoms with E-state index in [1.54, 1.807) is 53.7 Å². The lowest BCUT2D eigenvalue weighted by Gasteiger charge is -2.23. The quantitative estimate of drug-likeness (QED) is 0.0527. The molecule has 0 aliphatic carbocycles. The second kappa shape index (κ2) is 19.3. The molecule has 44 heavy (non-hydrogen) atoms. The molecule has 14 heteroatoms. The number of hydrogen-bond acceptors (Lipinski definition) is 9. The molecule has 1 aromatic carbocycles. The van der Waals surface area contributed by atoms with Gasteiger partial charge >= 0.3 is 18.3 Å². The average molecular weight is 623 g/mol. The summed E-state index contributed by atoms with van der Waals surface area (Å²) in [6.45, 7) is 11.2. The average Bonchev–Trinajstić information content (AvgIpc) is 2.92. The SMILES string of the molecule is CC(C)(C)OC(=O)NCCCC[C@H](NC(=O)OCc1ccccc1)C(=O)N[C@@H](CCCCNC(=O)OC(C)(C)C)C(=O)NN. The van der Waals surface area contributed by atoms with Crippen molar-refractivity contribution in [3.63, 3.8) is 0 Å². The van der Waals surface area contributed by atoms with Gasteiger partial charge in [-0.3, -0.25) is 15.0 Å². The van der Waals surface area contributed by atoms with Crippen LogP contribution < -0.4 is 32.5 Å². The lowest BCUT2D eigenvalue weighted by Crippen LogP contribution is -2.54. The molecular formula is C30H50N6O8. The van der Waals surface area contributed by atoms with Crippen molar-refractivity contribution in [1.82, 2.24) is 26.7 Å². The summed E-state index contributed by atoms with van der Waals surface area (Å²) in [4.78, 5) is 62.0. The number of carbonyl (C=O) groups excluding carboxylic acids is 5. The topological polar surface area (TPSA) is 199 Å². The molecule has 0 saturated carbocycles. The Bertz CT molecular complexity index is 1060. The molecule has 1 rings (SSSR count). The molecule has 248 valence electrons. The Kier molecular flexibility index (Phi) is 16.6. The summed E-state index contributed by atoms with van der Waals surface area (Å²) in [7, 11) is 0. The summed E-state index contributed by atoms with van der Waals surface area (Å²) in [6.07, 6.45) is 0.493. The minimum absolute atomic E-state index is 0.0103. The highest BCUT2D eigenvalue weighted by atomic mass is 16.6. The number of ether oxygens (including phenoxy) is 3. The van der Waals surface area contributed by atoms with Crippen LogP contribution >= 0.6 is 0 Å². The number of amides is 5. The van der Waals surface area contributed by atoms with Crippen molar-refractivity contribution in [3.05, 3.63) is 35.9 Å². The first-order chi connectivity index (χ1) is 20.6. The van der Waals surface area contributed by atoms with E-state index in [9.17, 15) is 24.0 Å². The van der Waals surface area contributed by atoms with E-state index in [1.807, 2.05) is 18.2 Å². The summed E-state index contributed by atoms with van der Waals surface area (Å²) in [6, 6.07) is 7.06. The Labute approximate surface area is 259 Å². The van der Waals surface area contributed by atoms with Gasteiger partial charge < -0.3 is 35.5 Å². The van der Waals surface area contributed by atoms with E-state index in [2.05, 4.69) is 26.7 Å². The van der Waals surface area contributed by atoms with E-state index >= 15 is 0 Å². The molecule has 0 unspecified atom stereocenters. The Balaban J connectivity index is 2.73. The van der Waals surface area contributed by atoms with Crippen molar-refractivity contribution >= 4 is 30.1 Å². The molecule has 0 saturated heterocycles. The van der Waals surface area contributed by atoms with Crippen molar-refractivity contribution in [2.45, 2.75) is 110 Å². The summed E-state index contributed by atoms with van der Waals surface area (Å²) in [5, 5.41) is 10.5. The van der Waals surface area contributed by atoms with Gasteiger partial charge in [-0.15, -0.1) is 0 Å². The summed E-state index contributed by atoms with van der Waals surface area (Å²) < 4.78 is 15.7. The molecule has 0 radical (unpaired) electrons. The molecule has 0 heterocycles. The van der Waals surface area contributed by atoms with E-state index in [-0.39, 0.29) is 19.4 Å². The minimum atomic E-state index is -1.03. The number of nitrogens with two attached hydrogens (primary N) is 1. The fourth-order valence-corrected chi connectivity index (χ4v) is 3.77. The van der Waals surface area contributed by atoms with Gasteiger partial charge in [0, 0.05) is 13.1 Å². The van der Waals surface area contributed by atoms with Crippen LogP contribution in [0.2, 0.25) is 0 Å². The third-order valence-corrected chi connectivity index (χ3v) is 5.77. The van der Waals surface area contributed by atoms with Gasteiger partial charge in [0.05, 0.1) is 0 Å². The Morgan fingerprint density at radius 1 is 0.682 bits per heavy atom. The molecule has 7 N–H and O–H groups in total. The van der Waals surface area contributed by atoms with Gasteiger partial charge in [0.25, 0.3) is 5.91 Å². The number of carbonyl (C=O) groups is 5. The largest absolute Gasteiger partial charge is 0.445 e. The molecule has 0 aliphatic rings. The van der Waals surface area contributed by atoms with Crippen LogP contribution in [0.25, 0.3) is 0 Å². The van der Waals surface area contributed by atoms with Gasteiger partial charge in [0.15, 0.2) is 0 Å². The molecule has 0 fully saturated rings. The van der Waals surface area contributed by atoms with Crippen molar-refractivity contribution in [1.29, 1.82) is 0 Å². The predicted octanol–water partition coefficient (Wildman–Crippen LogP) is 3.15. The minimum Gasteiger partial charge on any atom is -0.445 e. The first kappa shape index (κ1) is 38.0. The van der Waals surface area contributed by atoms with Crippen LogP contribution in [0.1, 0.15) is 85.6 Å².